The summed E-state index contributed by atoms with van der Waals surface area (Å²) in [6, 6.07) is 0. The van der Waals surface area contributed by atoms with Gasteiger partial charge in [0, 0.05) is 5.57 Å². The van der Waals surface area contributed by atoms with Gasteiger partial charge >= 0.3 is 5.97 Å². The molecule has 0 spiro atoms. The molecule has 5 heteroatoms. The number of rotatable bonds is 3. The second kappa shape index (κ2) is 6.87. The lowest BCUT2D eigenvalue weighted by atomic mass is 9.86. The van der Waals surface area contributed by atoms with Crippen molar-refractivity contribution >= 4 is 17.8 Å². The van der Waals surface area contributed by atoms with Crippen LogP contribution >= 0.6 is 0 Å². The van der Waals surface area contributed by atoms with Gasteiger partial charge in [0.1, 0.15) is 0 Å². The molecule has 2 rings (SSSR count). The summed E-state index contributed by atoms with van der Waals surface area (Å²) in [6.45, 7) is 5.27. The number of hydrogen-bond donors (Lipinski definition) is 2. The molecule has 0 bridgehead atoms. The van der Waals surface area contributed by atoms with Gasteiger partial charge in [-0.05, 0) is 19.3 Å². The summed E-state index contributed by atoms with van der Waals surface area (Å²) in [7, 11) is 0. The van der Waals surface area contributed by atoms with Crippen molar-refractivity contribution in [1.82, 2.24) is 5.32 Å². The summed E-state index contributed by atoms with van der Waals surface area (Å²) in [6.07, 6.45) is 6.99. The summed E-state index contributed by atoms with van der Waals surface area (Å²) in [5.74, 6) is -1.35. The molecule has 5 nitrogen and oxygen atoms in total. The van der Waals surface area contributed by atoms with Gasteiger partial charge in [0.2, 0.25) is 11.8 Å². The molecule has 2 atom stereocenters. The van der Waals surface area contributed by atoms with Gasteiger partial charge < -0.3 is 5.11 Å². The van der Waals surface area contributed by atoms with Crippen LogP contribution in [0.3, 0.4) is 0 Å². The van der Waals surface area contributed by atoms with Crippen LogP contribution in [-0.4, -0.2) is 22.9 Å². The Balaban J connectivity index is 0.000000203. The Morgan fingerprint density at radius 3 is 2.63 bits per heavy atom. The van der Waals surface area contributed by atoms with Crippen LogP contribution in [0.5, 0.6) is 0 Å². The molecule has 2 aliphatic rings. The van der Waals surface area contributed by atoms with Crippen molar-refractivity contribution in [2.75, 3.05) is 0 Å². The molecule has 104 valence electrons. The Morgan fingerprint density at radius 2 is 2.16 bits per heavy atom. The second-order valence-electron chi connectivity index (χ2n) is 4.65. The van der Waals surface area contributed by atoms with E-state index in [9.17, 15) is 14.4 Å². The number of carbonyl (C=O) groups is 3. The van der Waals surface area contributed by atoms with Crippen LogP contribution in [0.2, 0.25) is 0 Å². The first-order valence-corrected chi connectivity index (χ1v) is 6.39. The maximum absolute atomic E-state index is 11.1. The second-order valence-corrected chi connectivity index (χ2v) is 4.65. The van der Waals surface area contributed by atoms with Crippen molar-refractivity contribution < 1.29 is 19.5 Å². The van der Waals surface area contributed by atoms with Crippen LogP contribution in [0.15, 0.2) is 24.3 Å². The highest BCUT2D eigenvalue weighted by molar-refractivity contribution is 6.06. The first-order valence-electron chi connectivity index (χ1n) is 6.39. The standard InChI is InChI=1S/C8H9NO2.C6H10O2/c10-7-5-3-1-2-4-6(5)8(11)9-7;1-3-4-5(2)6(7)8/h1,3,5-6H,2,4H2,(H,9,10,11);2-4H2,1H3,(H,7,8). The number of allylic oxidation sites excluding steroid dienone is 1. The molecular weight excluding hydrogens is 246 g/mol. The number of amides is 2. The maximum atomic E-state index is 11.1. The van der Waals surface area contributed by atoms with E-state index >= 15 is 0 Å². The quantitative estimate of drug-likeness (QED) is 0.462. The molecule has 0 aromatic carbocycles. The third-order valence-electron chi connectivity index (χ3n) is 3.16. The van der Waals surface area contributed by atoms with Gasteiger partial charge in [-0.25, -0.2) is 4.79 Å². The van der Waals surface area contributed by atoms with Gasteiger partial charge in [0.15, 0.2) is 0 Å². The number of imide groups is 1. The minimum atomic E-state index is -0.883. The van der Waals surface area contributed by atoms with Gasteiger partial charge in [-0.15, -0.1) is 0 Å². The van der Waals surface area contributed by atoms with Crippen LogP contribution in [0.25, 0.3) is 0 Å². The van der Waals surface area contributed by atoms with Crippen LogP contribution in [0, 0.1) is 11.8 Å². The molecule has 1 fully saturated rings. The van der Waals surface area contributed by atoms with Crippen molar-refractivity contribution in [3.8, 4) is 0 Å². The van der Waals surface area contributed by atoms with Crippen LogP contribution in [-0.2, 0) is 14.4 Å². The fourth-order valence-electron chi connectivity index (χ4n) is 2.10. The molecule has 2 unspecified atom stereocenters. The van der Waals surface area contributed by atoms with Gasteiger partial charge in [-0.2, -0.15) is 0 Å². The maximum Gasteiger partial charge on any atom is 0.330 e. The lowest BCUT2D eigenvalue weighted by Gasteiger charge is -2.14. The minimum Gasteiger partial charge on any atom is -0.478 e. The number of nitrogens with one attached hydrogen (secondary N) is 1. The van der Waals surface area contributed by atoms with Gasteiger partial charge in [0.25, 0.3) is 0 Å². The number of carbonyl (C=O) groups excluding carboxylic acids is 2. The molecule has 2 N–H and O–H groups in total. The van der Waals surface area contributed by atoms with Crippen molar-refractivity contribution in [1.29, 1.82) is 0 Å². The Morgan fingerprint density at radius 1 is 1.47 bits per heavy atom. The van der Waals surface area contributed by atoms with E-state index in [-0.39, 0.29) is 23.7 Å². The topological polar surface area (TPSA) is 83.5 Å². The number of aliphatic carboxylic acids is 1. The fourth-order valence-corrected chi connectivity index (χ4v) is 2.10. The predicted octanol–water partition coefficient (Wildman–Crippen LogP) is 1.65. The average molecular weight is 265 g/mol. The van der Waals surface area contributed by atoms with E-state index in [4.69, 9.17) is 5.11 Å². The van der Waals surface area contributed by atoms with Crippen molar-refractivity contribution in [3.63, 3.8) is 0 Å². The molecule has 0 aromatic rings. The number of fused-ring (bicyclic) bond motifs is 1. The molecule has 0 saturated carbocycles. The zero-order chi connectivity index (χ0) is 14.4. The Bertz CT molecular complexity index is 425. The molecule has 0 radical (unpaired) electrons. The van der Waals surface area contributed by atoms with E-state index in [0.29, 0.717) is 12.0 Å². The zero-order valence-electron chi connectivity index (χ0n) is 11.0. The number of carboxylic acid groups (broad SMARTS) is 1. The largest absolute Gasteiger partial charge is 0.478 e. The van der Waals surface area contributed by atoms with Crippen LogP contribution < -0.4 is 5.32 Å². The average Bonchev–Trinajstić information content (AvgIpc) is 2.67. The van der Waals surface area contributed by atoms with Gasteiger partial charge in [-0.3, -0.25) is 14.9 Å². The van der Waals surface area contributed by atoms with Crippen LogP contribution in [0.4, 0.5) is 0 Å². The Hall–Kier alpha value is -1.91. The third kappa shape index (κ3) is 4.05. The first kappa shape index (κ1) is 15.1. The van der Waals surface area contributed by atoms with Crippen molar-refractivity contribution in [2.45, 2.75) is 32.6 Å². The summed E-state index contributed by atoms with van der Waals surface area (Å²) >= 11 is 0. The van der Waals surface area contributed by atoms with E-state index in [2.05, 4.69) is 11.9 Å². The Kier molecular flexibility index (Phi) is 5.48. The van der Waals surface area contributed by atoms with Crippen molar-refractivity contribution in [2.24, 2.45) is 11.8 Å². The monoisotopic (exact) mass is 265 g/mol. The summed E-state index contributed by atoms with van der Waals surface area (Å²) < 4.78 is 0. The van der Waals surface area contributed by atoms with E-state index in [0.717, 1.165) is 19.3 Å². The fraction of sp³-hybridized carbons (Fsp3) is 0.500. The summed E-state index contributed by atoms with van der Waals surface area (Å²) in [5, 5.41) is 10.5. The summed E-state index contributed by atoms with van der Waals surface area (Å²) in [4.78, 5) is 32.1. The van der Waals surface area contributed by atoms with E-state index in [1.54, 1.807) is 0 Å². The Labute approximate surface area is 112 Å². The van der Waals surface area contributed by atoms with Gasteiger partial charge in [0.05, 0.1) is 11.8 Å². The lowest BCUT2D eigenvalue weighted by Crippen LogP contribution is -2.21. The van der Waals surface area contributed by atoms with Crippen LogP contribution in [0.1, 0.15) is 32.6 Å². The summed E-state index contributed by atoms with van der Waals surface area (Å²) in [5.41, 5.74) is 0.299. The van der Waals surface area contributed by atoms with Crippen molar-refractivity contribution in [3.05, 3.63) is 24.3 Å². The minimum absolute atomic E-state index is 0.0764. The highest BCUT2D eigenvalue weighted by Gasteiger charge is 2.40. The number of carboxylic acids is 1. The highest BCUT2D eigenvalue weighted by Crippen LogP contribution is 2.28. The van der Waals surface area contributed by atoms with Gasteiger partial charge in [-0.1, -0.05) is 32.1 Å². The molecular formula is C14H19NO4. The smallest absolute Gasteiger partial charge is 0.330 e. The third-order valence-corrected chi connectivity index (χ3v) is 3.16. The highest BCUT2D eigenvalue weighted by atomic mass is 16.4. The normalized spacial score (nSPS) is 24.1. The molecule has 1 saturated heterocycles. The number of hydrogen-bond acceptors (Lipinski definition) is 3. The molecule has 1 aliphatic heterocycles. The SMILES string of the molecule is C=C(CCC)C(=O)O.O=C1NC(=O)C2CCC=CC12. The lowest BCUT2D eigenvalue weighted by molar-refractivity contribution is -0.133. The molecule has 19 heavy (non-hydrogen) atoms. The molecule has 1 heterocycles. The molecule has 2 amide bonds. The molecule has 0 aromatic heterocycles. The predicted molar refractivity (Wildman–Crippen MR) is 70.2 cm³/mol. The first-order chi connectivity index (χ1) is 8.97. The van der Waals surface area contributed by atoms with E-state index in [1.807, 2.05) is 19.1 Å². The van der Waals surface area contributed by atoms with E-state index < -0.39 is 5.97 Å². The van der Waals surface area contributed by atoms with E-state index in [1.165, 1.54) is 0 Å². The zero-order valence-corrected chi connectivity index (χ0v) is 11.0. The molecule has 1 aliphatic carbocycles.